The Balaban J connectivity index is 1.40. The molecule has 4 rings (SSSR count). The van der Waals surface area contributed by atoms with Crippen molar-refractivity contribution in [2.24, 2.45) is 5.73 Å². The fourth-order valence-corrected chi connectivity index (χ4v) is 3.95. The van der Waals surface area contributed by atoms with Crippen LogP contribution in [0.1, 0.15) is 27.8 Å². The van der Waals surface area contributed by atoms with Crippen LogP contribution in [-0.2, 0) is 24.3 Å². The quantitative estimate of drug-likeness (QED) is 0.586. The van der Waals surface area contributed by atoms with Crippen LogP contribution >= 0.6 is 11.6 Å². The Labute approximate surface area is 180 Å². The van der Waals surface area contributed by atoms with Crippen LogP contribution < -0.4 is 5.73 Å². The van der Waals surface area contributed by atoms with Gasteiger partial charge in [0.1, 0.15) is 5.82 Å². The lowest BCUT2D eigenvalue weighted by Crippen LogP contribution is -2.42. The highest BCUT2D eigenvalue weighted by molar-refractivity contribution is 6.31. The molecule has 0 bridgehead atoms. The van der Waals surface area contributed by atoms with E-state index in [0.717, 1.165) is 16.7 Å². The number of amides is 1. The minimum atomic E-state index is -0.648. The third kappa shape index (κ3) is 4.61. The number of carbonyl (C=O) groups excluding carboxylic acids is 1. The average molecular weight is 421 g/mol. The van der Waals surface area contributed by atoms with E-state index in [0.29, 0.717) is 24.5 Å². The zero-order chi connectivity index (χ0) is 21.1. The van der Waals surface area contributed by atoms with Crippen molar-refractivity contribution in [2.45, 2.75) is 25.6 Å². The number of hydrogen-bond acceptors (Lipinski definition) is 2. The van der Waals surface area contributed by atoms with Gasteiger partial charge in [-0.1, -0.05) is 72.3 Å². The molecule has 0 fully saturated rings. The zero-order valence-corrected chi connectivity index (χ0v) is 17.1. The molecule has 3 aromatic rings. The van der Waals surface area contributed by atoms with E-state index in [4.69, 9.17) is 17.3 Å². The molecule has 1 atom stereocenters. The van der Waals surface area contributed by atoms with Crippen LogP contribution in [-0.4, -0.2) is 16.8 Å². The molecule has 0 saturated carbocycles. The van der Waals surface area contributed by atoms with E-state index in [-0.39, 0.29) is 11.7 Å². The number of rotatable bonds is 5. The number of carbonyl (C=O) groups is 1. The summed E-state index contributed by atoms with van der Waals surface area (Å²) in [5, 5.41) is 0.560. The van der Waals surface area contributed by atoms with E-state index >= 15 is 0 Å². The summed E-state index contributed by atoms with van der Waals surface area (Å²) in [6.07, 6.45) is 4.07. The summed E-state index contributed by atoms with van der Waals surface area (Å²) < 4.78 is 13.3. The molecular weight excluding hydrogens is 399 g/mol. The van der Waals surface area contributed by atoms with Crippen molar-refractivity contribution in [1.29, 1.82) is 0 Å². The SMILES string of the molecule is NC(Cc1ccc(C=Cc2cccc(F)c2)cc1Cl)C(=O)N1Cc2ccccc2C1. The molecule has 152 valence electrons. The normalized spacial score (nSPS) is 14.2. The first kappa shape index (κ1) is 20.3. The smallest absolute Gasteiger partial charge is 0.240 e. The Hall–Kier alpha value is -2.95. The number of nitrogens with two attached hydrogens (primary N) is 1. The van der Waals surface area contributed by atoms with E-state index in [1.54, 1.807) is 11.0 Å². The molecule has 1 heterocycles. The predicted octanol–water partition coefficient (Wildman–Crippen LogP) is 5.06. The first-order chi connectivity index (χ1) is 14.5. The summed E-state index contributed by atoms with van der Waals surface area (Å²) in [7, 11) is 0. The minimum absolute atomic E-state index is 0.0719. The number of fused-ring (bicyclic) bond motifs is 1. The highest BCUT2D eigenvalue weighted by Crippen LogP contribution is 2.25. The maximum atomic E-state index is 13.3. The van der Waals surface area contributed by atoms with Gasteiger partial charge in [-0.05, 0) is 52.4 Å². The number of hydrogen-bond donors (Lipinski definition) is 1. The van der Waals surface area contributed by atoms with Crippen LogP contribution in [0.25, 0.3) is 12.2 Å². The van der Waals surface area contributed by atoms with Crippen molar-refractivity contribution in [3.63, 3.8) is 0 Å². The van der Waals surface area contributed by atoms with Gasteiger partial charge in [-0.2, -0.15) is 0 Å². The second kappa shape index (κ2) is 8.82. The molecule has 1 aliphatic heterocycles. The molecule has 0 spiro atoms. The highest BCUT2D eigenvalue weighted by Gasteiger charge is 2.27. The Morgan fingerprint density at radius 3 is 2.30 bits per heavy atom. The largest absolute Gasteiger partial charge is 0.333 e. The van der Waals surface area contributed by atoms with Gasteiger partial charge in [0.05, 0.1) is 6.04 Å². The maximum Gasteiger partial charge on any atom is 0.240 e. The van der Waals surface area contributed by atoms with Crippen molar-refractivity contribution in [1.82, 2.24) is 4.90 Å². The van der Waals surface area contributed by atoms with Crippen LogP contribution in [0, 0.1) is 5.82 Å². The van der Waals surface area contributed by atoms with Gasteiger partial charge < -0.3 is 10.6 Å². The van der Waals surface area contributed by atoms with Gasteiger partial charge in [0.15, 0.2) is 0 Å². The van der Waals surface area contributed by atoms with Crippen LogP contribution in [0.5, 0.6) is 0 Å². The summed E-state index contributed by atoms with van der Waals surface area (Å²) >= 11 is 6.44. The molecule has 0 saturated heterocycles. The first-order valence-electron chi connectivity index (χ1n) is 9.83. The third-order valence-electron chi connectivity index (χ3n) is 5.30. The molecule has 3 aromatic carbocycles. The van der Waals surface area contributed by atoms with Gasteiger partial charge in [-0.25, -0.2) is 4.39 Å². The fourth-order valence-electron chi connectivity index (χ4n) is 3.68. The number of halogens is 2. The van der Waals surface area contributed by atoms with E-state index in [9.17, 15) is 9.18 Å². The lowest BCUT2D eigenvalue weighted by atomic mass is 10.0. The van der Waals surface area contributed by atoms with Crippen LogP contribution in [0.3, 0.4) is 0 Å². The summed E-state index contributed by atoms with van der Waals surface area (Å²) in [4.78, 5) is 14.6. The van der Waals surface area contributed by atoms with Crippen molar-refractivity contribution >= 4 is 29.7 Å². The molecular formula is C25H22ClFN2O. The summed E-state index contributed by atoms with van der Waals surface area (Å²) in [5.74, 6) is -0.345. The molecule has 30 heavy (non-hydrogen) atoms. The Morgan fingerprint density at radius 1 is 1.00 bits per heavy atom. The molecule has 0 aliphatic carbocycles. The Morgan fingerprint density at radius 2 is 1.67 bits per heavy atom. The van der Waals surface area contributed by atoms with Gasteiger partial charge in [0.25, 0.3) is 0 Å². The number of benzene rings is 3. The fraction of sp³-hybridized carbons (Fsp3) is 0.160. The van der Waals surface area contributed by atoms with Crippen molar-refractivity contribution in [3.8, 4) is 0 Å². The molecule has 1 aliphatic rings. The monoisotopic (exact) mass is 420 g/mol. The lowest BCUT2D eigenvalue weighted by Gasteiger charge is -2.20. The van der Waals surface area contributed by atoms with Crippen LogP contribution in [0.2, 0.25) is 5.02 Å². The zero-order valence-electron chi connectivity index (χ0n) is 16.4. The molecule has 0 radical (unpaired) electrons. The second-order valence-electron chi connectivity index (χ2n) is 7.51. The number of nitrogens with zero attached hydrogens (tertiary/aromatic N) is 1. The third-order valence-corrected chi connectivity index (χ3v) is 5.66. The van der Waals surface area contributed by atoms with Crippen molar-refractivity contribution < 1.29 is 9.18 Å². The summed E-state index contributed by atoms with van der Waals surface area (Å²) in [6, 6.07) is 19.4. The van der Waals surface area contributed by atoms with Gasteiger partial charge in [-0.15, -0.1) is 0 Å². The van der Waals surface area contributed by atoms with Crippen molar-refractivity contribution in [2.75, 3.05) is 0 Å². The average Bonchev–Trinajstić information content (AvgIpc) is 3.17. The van der Waals surface area contributed by atoms with Crippen molar-refractivity contribution in [3.05, 3.63) is 105 Å². The highest BCUT2D eigenvalue weighted by atomic mass is 35.5. The first-order valence-corrected chi connectivity index (χ1v) is 10.2. The van der Waals surface area contributed by atoms with Gasteiger partial charge in [0.2, 0.25) is 5.91 Å². The van der Waals surface area contributed by atoms with Crippen LogP contribution in [0.4, 0.5) is 4.39 Å². The molecule has 1 unspecified atom stereocenters. The van der Waals surface area contributed by atoms with E-state index in [1.165, 1.54) is 23.3 Å². The second-order valence-corrected chi connectivity index (χ2v) is 7.92. The van der Waals surface area contributed by atoms with E-state index in [1.807, 2.05) is 60.7 Å². The van der Waals surface area contributed by atoms with Gasteiger partial charge in [-0.3, -0.25) is 4.79 Å². The summed E-state index contributed by atoms with van der Waals surface area (Å²) in [6.45, 7) is 1.19. The topological polar surface area (TPSA) is 46.3 Å². The summed E-state index contributed by atoms with van der Waals surface area (Å²) in [5.41, 5.74) is 11.1. The van der Waals surface area contributed by atoms with Gasteiger partial charge in [0, 0.05) is 18.1 Å². The molecule has 5 heteroatoms. The molecule has 3 nitrogen and oxygen atoms in total. The predicted molar refractivity (Wildman–Crippen MR) is 119 cm³/mol. The van der Waals surface area contributed by atoms with Crippen LogP contribution in [0.15, 0.2) is 66.7 Å². The standard InChI is InChI=1S/C25H22ClFN2O/c26-23-13-18(9-8-17-4-3-7-22(27)12-17)10-11-19(23)14-24(28)25(30)29-15-20-5-1-2-6-21(20)16-29/h1-13,24H,14-16,28H2. The van der Waals surface area contributed by atoms with Gasteiger partial charge >= 0.3 is 0 Å². The molecule has 0 aromatic heterocycles. The minimum Gasteiger partial charge on any atom is -0.333 e. The Bertz CT molecular complexity index is 1090. The van der Waals surface area contributed by atoms with E-state index < -0.39 is 6.04 Å². The Kier molecular flexibility index (Phi) is 5.98. The molecule has 1 amide bonds. The molecule has 2 N–H and O–H groups in total. The lowest BCUT2D eigenvalue weighted by molar-refractivity contribution is -0.133. The maximum absolute atomic E-state index is 13.3. The van der Waals surface area contributed by atoms with E-state index in [2.05, 4.69) is 0 Å².